The van der Waals surface area contributed by atoms with Gasteiger partial charge in [-0.2, -0.15) is 13.9 Å². The molecule has 41 heavy (non-hydrogen) atoms. The van der Waals surface area contributed by atoms with Crippen molar-refractivity contribution in [1.82, 2.24) is 19.7 Å². The number of aromatic nitrogens is 4. The molecular formula is C28H25F3N6O3S. The van der Waals surface area contributed by atoms with Crippen molar-refractivity contribution < 1.29 is 26.3 Å². The molecule has 9 nitrogen and oxygen atoms in total. The maximum absolute atomic E-state index is 13.4. The van der Waals surface area contributed by atoms with Crippen molar-refractivity contribution in [2.45, 2.75) is 25.7 Å². The number of halogens is 3. The van der Waals surface area contributed by atoms with Gasteiger partial charge in [0.15, 0.2) is 0 Å². The van der Waals surface area contributed by atoms with Crippen LogP contribution < -0.4 is 15.2 Å². The van der Waals surface area contributed by atoms with E-state index in [1.165, 1.54) is 42.5 Å². The summed E-state index contributed by atoms with van der Waals surface area (Å²) >= 11 is 0. The summed E-state index contributed by atoms with van der Waals surface area (Å²) in [4.78, 5) is 8.73. The number of hydrogen-bond donors (Lipinski definition) is 2. The highest BCUT2D eigenvalue weighted by Crippen LogP contribution is 2.40. The number of nitrogens with one attached hydrogen (secondary N) is 1. The number of ether oxygens (including phenoxy) is 1. The van der Waals surface area contributed by atoms with Gasteiger partial charge in [-0.15, -0.1) is 0 Å². The van der Waals surface area contributed by atoms with Gasteiger partial charge in [-0.3, -0.25) is 14.4 Å². The summed E-state index contributed by atoms with van der Waals surface area (Å²) in [7, 11) is -3.26. The summed E-state index contributed by atoms with van der Waals surface area (Å²) in [6.07, 6.45) is 2.66. The molecule has 0 fully saturated rings. The third kappa shape index (κ3) is 5.53. The summed E-state index contributed by atoms with van der Waals surface area (Å²) < 4.78 is 73.4. The number of aryl methyl sites for hydroxylation is 2. The van der Waals surface area contributed by atoms with Crippen LogP contribution in [0.15, 0.2) is 67.0 Å². The number of benzene rings is 2. The van der Waals surface area contributed by atoms with Gasteiger partial charge >= 0.3 is 5.76 Å². The predicted octanol–water partition coefficient (Wildman–Crippen LogP) is 5.83. The third-order valence-corrected chi connectivity index (χ3v) is 7.47. The molecule has 3 heterocycles. The van der Waals surface area contributed by atoms with Crippen LogP contribution in [0.25, 0.3) is 33.3 Å². The van der Waals surface area contributed by atoms with E-state index in [0.717, 1.165) is 16.8 Å². The Morgan fingerprint density at radius 3 is 2.37 bits per heavy atom. The van der Waals surface area contributed by atoms with E-state index in [2.05, 4.69) is 15.1 Å². The highest BCUT2D eigenvalue weighted by atomic mass is 32.2. The van der Waals surface area contributed by atoms with Crippen molar-refractivity contribution >= 4 is 32.4 Å². The monoisotopic (exact) mass is 582 g/mol. The lowest BCUT2D eigenvalue weighted by Gasteiger charge is -2.19. The van der Waals surface area contributed by atoms with Crippen LogP contribution in [0.3, 0.4) is 0 Å². The lowest BCUT2D eigenvalue weighted by molar-refractivity contribution is 0.228. The van der Waals surface area contributed by atoms with Gasteiger partial charge in [-0.1, -0.05) is 24.3 Å². The van der Waals surface area contributed by atoms with Crippen LogP contribution in [0, 0.1) is 12.7 Å². The molecule has 0 radical (unpaired) electrons. The minimum absolute atomic E-state index is 0.0484. The number of nitrogen functional groups attached to an aromatic ring is 1. The Morgan fingerprint density at radius 2 is 1.71 bits per heavy atom. The Morgan fingerprint density at radius 1 is 1.00 bits per heavy atom. The summed E-state index contributed by atoms with van der Waals surface area (Å²) in [5, 5.41) is 5.20. The van der Waals surface area contributed by atoms with Gasteiger partial charge in [0.2, 0.25) is 0 Å². The van der Waals surface area contributed by atoms with Crippen LogP contribution in [-0.4, -0.2) is 33.9 Å². The number of fused-ring (bicyclic) bond motifs is 1. The van der Waals surface area contributed by atoms with Gasteiger partial charge < -0.3 is 10.5 Å². The van der Waals surface area contributed by atoms with E-state index >= 15 is 0 Å². The normalized spacial score (nSPS) is 12.6. The molecule has 5 rings (SSSR count). The largest absolute Gasteiger partial charge is 0.484 e. The van der Waals surface area contributed by atoms with Gasteiger partial charge in [0.1, 0.15) is 29.2 Å². The molecule has 0 spiro atoms. The molecule has 0 aliphatic heterocycles. The molecule has 3 aromatic heterocycles. The second kappa shape index (κ2) is 10.7. The second-order valence-electron chi connectivity index (χ2n) is 9.37. The van der Waals surface area contributed by atoms with E-state index < -0.39 is 27.7 Å². The molecule has 0 amide bonds. The van der Waals surface area contributed by atoms with Crippen molar-refractivity contribution in [2.24, 2.45) is 7.05 Å². The highest BCUT2D eigenvalue weighted by Gasteiger charge is 2.27. The molecule has 2 aromatic carbocycles. The second-order valence-corrected chi connectivity index (χ2v) is 11.0. The number of pyridine rings is 2. The fourth-order valence-corrected chi connectivity index (χ4v) is 4.98. The van der Waals surface area contributed by atoms with Crippen molar-refractivity contribution in [3.8, 4) is 28.1 Å². The fourth-order valence-electron chi connectivity index (χ4n) is 4.42. The summed E-state index contributed by atoms with van der Waals surface area (Å²) in [6, 6.07) is 13.6. The first-order valence-electron chi connectivity index (χ1n) is 12.3. The zero-order valence-electron chi connectivity index (χ0n) is 22.1. The minimum Gasteiger partial charge on any atom is -0.484 e. The zero-order chi connectivity index (χ0) is 29.5. The lowest BCUT2D eigenvalue weighted by Crippen LogP contribution is -2.21. The number of sulfonamides is 1. The van der Waals surface area contributed by atoms with Crippen LogP contribution in [0.1, 0.15) is 24.3 Å². The van der Waals surface area contributed by atoms with Crippen molar-refractivity contribution in [2.75, 3.05) is 10.5 Å². The molecule has 0 aliphatic carbocycles. The van der Waals surface area contributed by atoms with Gasteiger partial charge in [0.05, 0.1) is 16.6 Å². The Hall–Kier alpha value is -4.65. The topological polar surface area (TPSA) is 125 Å². The molecular weight excluding hydrogens is 557 g/mol. The van der Waals surface area contributed by atoms with Crippen molar-refractivity contribution in [3.05, 3.63) is 84.1 Å². The first-order chi connectivity index (χ1) is 19.4. The molecule has 0 saturated carbocycles. The number of nitrogens with zero attached hydrogens (tertiary/aromatic N) is 4. The van der Waals surface area contributed by atoms with E-state index in [1.807, 2.05) is 23.8 Å². The van der Waals surface area contributed by atoms with Crippen LogP contribution in [0.5, 0.6) is 5.75 Å². The van der Waals surface area contributed by atoms with Crippen molar-refractivity contribution in [1.29, 1.82) is 0 Å². The number of hydrogen-bond acceptors (Lipinski definition) is 7. The van der Waals surface area contributed by atoms with Gasteiger partial charge in [-0.05, 0) is 49.7 Å². The number of rotatable bonds is 8. The van der Waals surface area contributed by atoms with Crippen LogP contribution in [-0.2, 0) is 17.1 Å². The van der Waals surface area contributed by atoms with E-state index in [4.69, 9.17) is 10.5 Å². The molecule has 13 heteroatoms. The molecule has 0 saturated heterocycles. The van der Waals surface area contributed by atoms with Gasteiger partial charge in [0, 0.05) is 41.8 Å². The average molecular weight is 583 g/mol. The molecule has 212 valence electrons. The molecule has 0 unspecified atom stereocenters. The standard InChI is InChI=1S/C28H25F3N6O3S/c1-15-4-5-19(13-33-15)21-14-34-27(32)24-25(35-37(3)26(21)24)18-8-11-22(36-41(38,39)28(30)31)23(12-18)40-16(2)17-6-9-20(29)10-7-17/h4-14,16,28,36H,1-3H3,(H2,32,34)/t16-/m0/s1. The van der Waals surface area contributed by atoms with Gasteiger partial charge in [0.25, 0.3) is 10.0 Å². The predicted molar refractivity (Wildman–Crippen MR) is 150 cm³/mol. The molecule has 3 N–H and O–H groups in total. The molecule has 5 aromatic rings. The molecule has 0 aliphatic rings. The first-order valence-corrected chi connectivity index (χ1v) is 13.9. The fraction of sp³-hybridized carbons (Fsp3) is 0.179. The average Bonchev–Trinajstić information content (AvgIpc) is 3.28. The van der Waals surface area contributed by atoms with E-state index in [9.17, 15) is 21.6 Å². The Balaban J connectivity index is 1.64. The Bertz CT molecular complexity index is 1840. The third-order valence-electron chi connectivity index (χ3n) is 6.50. The van der Waals surface area contributed by atoms with Crippen LogP contribution >= 0.6 is 0 Å². The summed E-state index contributed by atoms with van der Waals surface area (Å²) in [5.74, 6) is -3.95. The van der Waals surface area contributed by atoms with Crippen LogP contribution in [0.4, 0.5) is 24.7 Å². The molecule has 0 bridgehead atoms. The maximum atomic E-state index is 13.4. The minimum atomic E-state index is -5.00. The summed E-state index contributed by atoms with van der Waals surface area (Å²) in [6.45, 7) is 3.54. The SMILES string of the molecule is Cc1ccc(-c2cnc(N)c3c(-c4ccc(NS(=O)(=O)C(F)F)c(O[C@@H](C)c5ccc(F)cc5)c4)nn(C)c23)cn1. The van der Waals surface area contributed by atoms with E-state index in [-0.39, 0.29) is 17.3 Å². The highest BCUT2D eigenvalue weighted by molar-refractivity contribution is 7.93. The van der Waals surface area contributed by atoms with E-state index in [0.29, 0.717) is 27.7 Å². The number of alkyl halides is 2. The van der Waals surface area contributed by atoms with Gasteiger partial charge in [-0.25, -0.2) is 17.8 Å². The Kier molecular flexibility index (Phi) is 7.30. The molecule has 1 atom stereocenters. The summed E-state index contributed by atoms with van der Waals surface area (Å²) in [5.41, 5.74) is 10.6. The number of anilines is 2. The first kappa shape index (κ1) is 27.9. The number of nitrogens with two attached hydrogens (primary N) is 1. The lowest BCUT2D eigenvalue weighted by atomic mass is 10.0. The quantitative estimate of drug-likeness (QED) is 0.236. The smallest absolute Gasteiger partial charge is 0.355 e. The van der Waals surface area contributed by atoms with Crippen LogP contribution in [0.2, 0.25) is 0 Å². The maximum Gasteiger partial charge on any atom is 0.355 e. The van der Waals surface area contributed by atoms with E-state index in [1.54, 1.807) is 31.0 Å². The Labute approximate surface area is 233 Å². The van der Waals surface area contributed by atoms with Crippen molar-refractivity contribution in [3.63, 3.8) is 0 Å². The zero-order valence-corrected chi connectivity index (χ0v) is 23.0.